The average molecular weight is 351 g/mol. The number of H-pyrrole nitrogens is 1. The zero-order chi connectivity index (χ0) is 18.7. The molecule has 6 heteroatoms. The van der Waals surface area contributed by atoms with E-state index in [9.17, 15) is 14.0 Å². The highest BCUT2D eigenvalue weighted by atomic mass is 19.1. The number of nitrogens with one attached hydrogen (secondary N) is 2. The summed E-state index contributed by atoms with van der Waals surface area (Å²) < 4.78 is 13.4. The first-order valence-corrected chi connectivity index (χ1v) is 8.24. The summed E-state index contributed by atoms with van der Waals surface area (Å²) in [6, 6.07) is 12.5. The van der Waals surface area contributed by atoms with Gasteiger partial charge in [-0.15, -0.1) is 0 Å². The van der Waals surface area contributed by atoms with Crippen LogP contribution in [0.25, 0.3) is 11.4 Å². The summed E-state index contributed by atoms with van der Waals surface area (Å²) in [6.45, 7) is 3.67. The summed E-state index contributed by atoms with van der Waals surface area (Å²) >= 11 is 0. The van der Waals surface area contributed by atoms with Gasteiger partial charge in [0.1, 0.15) is 11.6 Å². The van der Waals surface area contributed by atoms with Crippen molar-refractivity contribution >= 4 is 11.6 Å². The van der Waals surface area contributed by atoms with E-state index in [0.29, 0.717) is 34.8 Å². The van der Waals surface area contributed by atoms with Crippen LogP contribution in [-0.2, 0) is 6.42 Å². The Balaban J connectivity index is 1.90. The summed E-state index contributed by atoms with van der Waals surface area (Å²) in [4.78, 5) is 31.3. The average Bonchev–Trinajstić information content (AvgIpc) is 2.63. The van der Waals surface area contributed by atoms with Gasteiger partial charge in [-0.25, -0.2) is 9.37 Å². The van der Waals surface area contributed by atoms with Crippen LogP contribution in [0.3, 0.4) is 0 Å². The number of anilines is 1. The number of nitrogens with zero attached hydrogens (tertiary/aromatic N) is 1. The molecule has 0 atom stereocenters. The van der Waals surface area contributed by atoms with Crippen LogP contribution < -0.4 is 10.9 Å². The molecule has 1 aromatic heterocycles. The van der Waals surface area contributed by atoms with E-state index in [2.05, 4.69) is 15.3 Å². The number of amides is 1. The molecule has 0 radical (unpaired) electrons. The molecule has 3 aromatic rings. The van der Waals surface area contributed by atoms with Gasteiger partial charge in [0.15, 0.2) is 0 Å². The van der Waals surface area contributed by atoms with E-state index >= 15 is 0 Å². The molecule has 0 saturated carbocycles. The fourth-order valence-corrected chi connectivity index (χ4v) is 2.61. The zero-order valence-electron chi connectivity index (χ0n) is 14.5. The molecule has 2 N–H and O–H groups in total. The van der Waals surface area contributed by atoms with Gasteiger partial charge in [-0.1, -0.05) is 25.1 Å². The van der Waals surface area contributed by atoms with E-state index < -0.39 is 11.7 Å². The smallest absolute Gasteiger partial charge is 0.256 e. The number of carbonyl (C=O) groups is 1. The van der Waals surface area contributed by atoms with Gasteiger partial charge >= 0.3 is 0 Å². The molecule has 0 saturated heterocycles. The van der Waals surface area contributed by atoms with E-state index in [0.717, 1.165) is 0 Å². The Morgan fingerprint density at radius 3 is 2.77 bits per heavy atom. The number of rotatable bonds is 4. The minimum Gasteiger partial charge on any atom is -0.322 e. The van der Waals surface area contributed by atoms with Crippen LogP contribution >= 0.6 is 0 Å². The fraction of sp³-hybridized carbons (Fsp3) is 0.150. The van der Waals surface area contributed by atoms with Crippen LogP contribution in [0.5, 0.6) is 0 Å². The lowest BCUT2D eigenvalue weighted by atomic mass is 10.1. The van der Waals surface area contributed by atoms with Crippen molar-refractivity contribution in [3.63, 3.8) is 0 Å². The first-order chi connectivity index (χ1) is 12.5. The van der Waals surface area contributed by atoms with Crippen molar-refractivity contribution in [3.8, 4) is 11.4 Å². The van der Waals surface area contributed by atoms with Crippen molar-refractivity contribution < 1.29 is 9.18 Å². The Bertz CT molecular complexity index is 1030. The monoisotopic (exact) mass is 351 g/mol. The van der Waals surface area contributed by atoms with Gasteiger partial charge in [0.25, 0.3) is 11.5 Å². The summed E-state index contributed by atoms with van der Waals surface area (Å²) in [5.41, 5.74) is 2.62. The predicted molar refractivity (Wildman–Crippen MR) is 98.8 cm³/mol. The Morgan fingerprint density at radius 1 is 1.19 bits per heavy atom. The molecule has 5 nitrogen and oxygen atoms in total. The number of hydrogen-bond donors (Lipinski definition) is 2. The Morgan fingerprint density at radius 2 is 2.00 bits per heavy atom. The van der Waals surface area contributed by atoms with Crippen LogP contribution in [0.15, 0.2) is 53.3 Å². The van der Waals surface area contributed by atoms with Crippen molar-refractivity contribution in [2.75, 3.05) is 5.32 Å². The third-order valence-electron chi connectivity index (χ3n) is 4.00. The van der Waals surface area contributed by atoms with Gasteiger partial charge < -0.3 is 10.3 Å². The second-order valence-electron chi connectivity index (χ2n) is 5.93. The maximum Gasteiger partial charge on any atom is 0.256 e. The number of hydrogen-bond acceptors (Lipinski definition) is 3. The molecular weight excluding hydrogens is 333 g/mol. The maximum atomic E-state index is 13.4. The van der Waals surface area contributed by atoms with Crippen molar-refractivity contribution in [3.05, 3.63) is 81.5 Å². The van der Waals surface area contributed by atoms with Gasteiger partial charge in [0.05, 0.1) is 0 Å². The Kier molecular flexibility index (Phi) is 4.93. The highest BCUT2D eigenvalue weighted by molar-refractivity contribution is 6.05. The Hall–Kier alpha value is -3.28. The van der Waals surface area contributed by atoms with Crippen LogP contribution in [0.2, 0.25) is 0 Å². The van der Waals surface area contributed by atoms with Gasteiger partial charge in [0, 0.05) is 28.6 Å². The van der Waals surface area contributed by atoms with Gasteiger partial charge in [0.2, 0.25) is 0 Å². The van der Waals surface area contributed by atoms with Gasteiger partial charge in [-0.3, -0.25) is 9.59 Å². The molecule has 0 aliphatic heterocycles. The quantitative estimate of drug-likeness (QED) is 0.753. The SMILES string of the molecule is CCc1cc(=O)[nH]c(-c2cccc(NC(=O)c3cc(F)ccc3C)c2)n1. The number of aromatic amines is 1. The summed E-state index contributed by atoms with van der Waals surface area (Å²) in [6.07, 6.45) is 0.645. The lowest BCUT2D eigenvalue weighted by Crippen LogP contribution is -2.14. The Labute approximate surface area is 149 Å². The van der Waals surface area contributed by atoms with Gasteiger partial charge in [-0.05, 0) is 43.2 Å². The highest BCUT2D eigenvalue weighted by Crippen LogP contribution is 2.20. The predicted octanol–water partition coefficient (Wildman–Crippen LogP) is 3.70. The molecule has 1 heterocycles. The third kappa shape index (κ3) is 3.85. The lowest BCUT2D eigenvalue weighted by Gasteiger charge is -2.09. The zero-order valence-corrected chi connectivity index (χ0v) is 14.5. The van der Waals surface area contributed by atoms with Crippen molar-refractivity contribution in [2.45, 2.75) is 20.3 Å². The van der Waals surface area contributed by atoms with Crippen LogP contribution in [0.1, 0.15) is 28.5 Å². The minimum atomic E-state index is -0.465. The first kappa shape index (κ1) is 17.5. The first-order valence-electron chi connectivity index (χ1n) is 8.24. The number of aromatic nitrogens is 2. The van der Waals surface area contributed by atoms with E-state index in [1.54, 1.807) is 37.3 Å². The van der Waals surface area contributed by atoms with Crippen LogP contribution in [0.4, 0.5) is 10.1 Å². The van der Waals surface area contributed by atoms with E-state index in [1.807, 2.05) is 6.92 Å². The molecule has 2 aromatic carbocycles. The van der Waals surface area contributed by atoms with E-state index in [-0.39, 0.29) is 11.1 Å². The number of halogens is 1. The number of aryl methyl sites for hydroxylation is 2. The third-order valence-corrected chi connectivity index (χ3v) is 4.00. The molecule has 0 spiro atoms. The molecule has 1 amide bonds. The normalized spacial score (nSPS) is 10.6. The lowest BCUT2D eigenvalue weighted by molar-refractivity contribution is 0.102. The van der Waals surface area contributed by atoms with Gasteiger partial charge in [-0.2, -0.15) is 0 Å². The number of benzene rings is 2. The maximum absolute atomic E-state index is 13.4. The molecule has 26 heavy (non-hydrogen) atoms. The summed E-state index contributed by atoms with van der Waals surface area (Å²) in [7, 11) is 0. The summed E-state index contributed by atoms with van der Waals surface area (Å²) in [5, 5.41) is 2.75. The molecular formula is C20H18FN3O2. The van der Waals surface area contributed by atoms with E-state index in [4.69, 9.17) is 0 Å². The van der Waals surface area contributed by atoms with Crippen molar-refractivity contribution in [1.29, 1.82) is 0 Å². The molecule has 132 valence electrons. The van der Waals surface area contributed by atoms with Crippen LogP contribution in [0, 0.1) is 12.7 Å². The molecule has 0 aliphatic carbocycles. The van der Waals surface area contributed by atoms with E-state index in [1.165, 1.54) is 18.2 Å². The molecule has 3 rings (SSSR count). The fourth-order valence-electron chi connectivity index (χ4n) is 2.61. The highest BCUT2D eigenvalue weighted by Gasteiger charge is 2.11. The van der Waals surface area contributed by atoms with Crippen LogP contribution in [-0.4, -0.2) is 15.9 Å². The second kappa shape index (κ2) is 7.31. The summed E-state index contributed by atoms with van der Waals surface area (Å²) in [5.74, 6) is -0.428. The van der Waals surface area contributed by atoms with Crippen molar-refractivity contribution in [1.82, 2.24) is 9.97 Å². The molecule has 0 aliphatic rings. The largest absolute Gasteiger partial charge is 0.322 e. The number of carbonyl (C=O) groups excluding carboxylic acids is 1. The topological polar surface area (TPSA) is 74.8 Å². The molecule has 0 unspecified atom stereocenters. The molecule has 0 fully saturated rings. The minimum absolute atomic E-state index is 0.225. The standard InChI is InChI=1S/C20H18FN3O2/c1-3-15-11-18(25)24-19(22-15)13-5-4-6-16(9-13)23-20(26)17-10-14(21)8-7-12(17)2/h4-11H,3H2,1-2H3,(H,23,26)(H,22,24,25). The second-order valence-corrected chi connectivity index (χ2v) is 5.93. The van der Waals surface area contributed by atoms with Crippen molar-refractivity contribution in [2.24, 2.45) is 0 Å². The molecule has 0 bridgehead atoms.